The third kappa shape index (κ3) is 2.97. The summed E-state index contributed by atoms with van der Waals surface area (Å²) >= 11 is 6.16. The van der Waals surface area contributed by atoms with E-state index >= 15 is 0 Å². The zero-order chi connectivity index (χ0) is 18.4. The number of carbonyl (C=O) groups is 1. The Bertz CT molecular complexity index is 1050. The lowest BCUT2D eigenvalue weighted by Crippen LogP contribution is -2.12. The van der Waals surface area contributed by atoms with Crippen molar-refractivity contribution in [3.05, 3.63) is 47.0 Å². The van der Waals surface area contributed by atoms with E-state index in [9.17, 15) is 4.79 Å². The highest BCUT2D eigenvalue weighted by atomic mass is 35.5. The maximum atomic E-state index is 12.6. The summed E-state index contributed by atoms with van der Waals surface area (Å²) < 4.78 is 12.4. The van der Waals surface area contributed by atoms with Crippen molar-refractivity contribution in [2.75, 3.05) is 12.1 Å². The van der Waals surface area contributed by atoms with E-state index in [1.807, 2.05) is 22.9 Å². The molecule has 0 atom stereocenters. The smallest absolute Gasteiger partial charge is 0.255 e. The molecule has 0 unspecified atom stereocenters. The van der Waals surface area contributed by atoms with Crippen LogP contribution < -0.4 is 14.8 Å². The number of rotatable bonds is 4. The summed E-state index contributed by atoms with van der Waals surface area (Å²) in [7, 11) is 0. The summed E-state index contributed by atoms with van der Waals surface area (Å²) in [6.07, 6.45) is 2.17. The fraction of sp³-hybridized carbons (Fsp3) is 0.222. The van der Waals surface area contributed by atoms with Gasteiger partial charge in [0.25, 0.3) is 5.91 Å². The highest BCUT2D eigenvalue weighted by Crippen LogP contribution is 2.40. The van der Waals surface area contributed by atoms with Gasteiger partial charge in [-0.3, -0.25) is 4.79 Å². The van der Waals surface area contributed by atoms with Gasteiger partial charge in [0.15, 0.2) is 17.3 Å². The average molecular weight is 384 g/mol. The minimum absolute atomic E-state index is 0.0951. The number of anilines is 1. The number of benzene rings is 2. The van der Waals surface area contributed by atoms with Gasteiger partial charge < -0.3 is 14.8 Å². The van der Waals surface area contributed by atoms with E-state index < -0.39 is 0 Å². The fourth-order valence-electron chi connectivity index (χ4n) is 2.99. The molecule has 0 bridgehead atoms. The minimum Gasteiger partial charge on any atom is -0.454 e. The second-order valence-corrected chi connectivity index (χ2v) is 6.81. The molecule has 1 aliphatic carbocycles. The van der Waals surface area contributed by atoms with Crippen LogP contribution in [0.1, 0.15) is 29.2 Å². The van der Waals surface area contributed by atoms with E-state index in [1.165, 1.54) is 0 Å². The molecular formula is C18H14ClN5O3. The quantitative estimate of drug-likeness (QED) is 0.743. The first kappa shape index (κ1) is 16.1. The van der Waals surface area contributed by atoms with Crippen LogP contribution in [0.4, 0.5) is 5.69 Å². The van der Waals surface area contributed by atoms with Crippen molar-refractivity contribution in [1.82, 2.24) is 20.2 Å². The van der Waals surface area contributed by atoms with Gasteiger partial charge in [-0.05, 0) is 47.5 Å². The van der Waals surface area contributed by atoms with Gasteiger partial charge in [0, 0.05) is 16.8 Å². The van der Waals surface area contributed by atoms with Gasteiger partial charge in [0.1, 0.15) is 0 Å². The summed E-state index contributed by atoms with van der Waals surface area (Å²) in [5.41, 5.74) is 1.86. The van der Waals surface area contributed by atoms with Gasteiger partial charge in [0.05, 0.1) is 11.1 Å². The first-order valence-corrected chi connectivity index (χ1v) is 8.85. The van der Waals surface area contributed by atoms with Crippen LogP contribution in [-0.2, 0) is 0 Å². The zero-order valence-electron chi connectivity index (χ0n) is 14.1. The molecule has 1 saturated carbocycles. The molecule has 9 heteroatoms. The normalized spacial score (nSPS) is 15.0. The fourth-order valence-corrected chi connectivity index (χ4v) is 3.25. The molecule has 2 aromatic carbocycles. The van der Waals surface area contributed by atoms with E-state index in [0.29, 0.717) is 39.6 Å². The minimum atomic E-state index is -0.297. The molecule has 27 heavy (non-hydrogen) atoms. The van der Waals surface area contributed by atoms with E-state index in [4.69, 9.17) is 21.1 Å². The number of ether oxygens (including phenoxy) is 2. The number of nitrogens with zero attached hydrogens (tertiary/aromatic N) is 4. The second kappa shape index (κ2) is 6.24. The van der Waals surface area contributed by atoms with Crippen molar-refractivity contribution in [2.24, 2.45) is 0 Å². The molecule has 0 radical (unpaired) electrons. The Morgan fingerprint density at radius 2 is 2.11 bits per heavy atom. The highest BCUT2D eigenvalue weighted by Gasteiger charge is 2.28. The van der Waals surface area contributed by atoms with Crippen molar-refractivity contribution in [2.45, 2.75) is 18.9 Å². The van der Waals surface area contributed by atoms with E-state index in [0.717, 1.165) is 18.4 Å². The number of halogens is 1. The topological polar surface area (TPSA) is 91.2 Å². The van der Waals surface area contributed by atoms with Crippen molar-refractivity contribution in [3.63, 3.8) is 0 Å². The average Bonchev–Trinajstić information content (AvgIpc) is 3.19. The molecule has 3 aromatic rings. The molecule has 136 valence electrons. The van der Waals surface area contributed by atoms with E-state index in [1.54, 1.807) is 18.2 Å². The predicted molar refractivity (Wildman–Crippen MR) is 97.1 cm³/mol. The van der Waals surface area contributed by atoms with Crippen molar-refractivity contribution < 1.29 is 14.3 Å². The van der Waals surface area contributed by atoms with Gasteiger partial charge >= 0.3 is 0 Å². The van der Waals surface area contributed by atoms with Gasteiger partial charge in [-0.2, -0.15) is 0 Å². The third-order valence-electron chi connectivity index (χ3n) is 4.45. The number of tetrazole rings is 1. The number of nitrogens with one attached hydrogen (secondary N) is 1. The second-order valence-electron chi connectivity index (χ2n) is 6.41. The number of amides is 1. The Hall–Kier alpha value is -3.13. The largest absolute Gasteiger partial charge is 0.454 e. The van der Waals surface area contributed by atoms with E-state index in [-0.39, 0.29) is 12.7 Å². The number of fused-ring (bicyclic) bond motifs is 1. The first-order chi connectivity index (χ1) is 13.2. The molecule has 2 aliphatic rings. The Morgan fingerprint density at radius 3 is 2.96 bits per heavy atom. The predicted octanol–water partition coefficient (Wildman–Crippen LogP) is 3.31. The summed E-state index contributed by atoms with van der Waals surface area (Å²) in [6.45, 7) is 0.0951. The lowest BCUT2D eigenvalue weighted by atomic mass is 10.1. The molecule has 1 amide bonds. The molecular weight excluding hydrogens is 370 g/mol. The number of hydrogen-bond acceptors (Lipinski definition) is 6. The monoisotopic (exact) mass is 383 g/mol. The van der Waals surface area contributed by atoms with E-state index in [2.05, 4.69) is 20.8 Å². The highest BCUT2D eigenvalue weighted by molar-refractivity contribution is 6.32. The van der Waals surface area contributed by atoms with Gasteiger partial charge in [0.2, 0.25) is 6.79 Å². The lowest BCUT2D eigenvalue weighted by Gasteiger charge is -2.09. The molecule has 0 saturated heterocycles. The lowest BCUT2D eigenvalue weighted by molar-refractivity contribution is 0.102. The summed E-state index contributed by atoms with van der Waals surface area (Å²) in [4.78, 5) is 12.6. The maximum absolute atomic E-state index is 12.6. The molecule has 1 aliphatic heterocycles. The number of aromatic nitrogens is 4. The van der Waals surface area contributed by atoms with Crippen molar-refractivity contribution >= 4 is 23.2 Å². The summed E-state index contributed by atoms with van der Waals surface area (Å²) in [5, 5.41) is 15.2. The molecule has 1 fully saturated rings. The molecule has 5 rings (SSSR count). The Kier molecular flexibility index (Phi) is 3.71. The van der Waals surface area contributed by atoms with Crippen LogP contribution >= 0.6 is 11.6 Å². The van der Waals surface area contributed by atoms with Crippen LogP contribution in [0.25, 0.3) is 11.4 Å². The molecule has 1 N–H and O–H groups in total. The van der Waals surface area contributed by atoms with Gasteiger partial charge in [-0.1, -0.05) is 23.7 Å². The summed E-state index contributed by atoms with van der Waals surface area (Å²) in [6, 6.07) is 11.0. The van der Waals surface area contributed by atoms with Crippen LogP contribution in [0.3, 0.4) is 0 Å². The Balaban J connectivity index is 1.40. The number of hydrogen-bond donors (Lipinski definition) is 1. The molecule has 2 heterocycles. The van der Waals surface area contributed by atoms with Crippen LogP contribution in [0, 0.1) is 0 Å². The molecule has 8 nitrogen and oxygen atoms in total. The standard InChI is InChI=1S/C18H14ClN5O3/c19-14-7-11(8-15-16(14)27-9-26-15)18(25)20-12-3-1-2-10(6-12)17-21-22-23-24(17)13-4-5-13/h1-3,6-8,13H,4-5,9H2,(H,20,25). The van der Waals surface area contributed by atoms with Gasteiger partial charge in [-0.15, -0.1) is 5.10 Å². The van der Waals surface area contributed by atoms with Crippen LogP contribution in [0.5, 0.6) is 11.5 Å². The first-order valence-electron chi connectivity index (χ1n) is 8.48. The third-order valence-corrected chi connectivity index (χ3v) is 4.73. The van der Waals surface area contributed by atoms with Crippen molar-refractivity contribution in [1.29, 1.82) is 0 Å². The number of carbonyl (C=O) groups excluding carboxylic acids is 1. The van der Waals surface area contributed by atoms with Crippen LogP contribution in [-0.4, -0.2) is 32.9 Å². The van der Waals surface area contributed by atoms with Crippen molar-refractivity contribution in [3.8, 4) is 22.9 Å². The summed E-state index contributed by atoms with van der Waals surface area (Å²) in [5.74, 6) is 1.32. The van der Waals surface area contributed by atoms with Gasteiger partial charge in [-0.25, -0.2) is 4.68 Å². The maximum Gasteiger partial charge on any atom is 0.255 e. The molecule has 0 spiro atoms. The van der Waals surface area contributed by atoms with Crippen LogP contribution in [0.15, 0.2) is 36.4 Å². The Labute approximate surface area is 159 Å². The zero-order valence-corrected chi connectivity index (χ0v) is 14.8. The van der Waals surface area contributed by atoms with Crippen LogP contribution in [0.2, 0.25) is 5.02 Å². The SMILES string of the molecule is O=C(Nc1cccc(-c2nnnn2C2CC2)c1)c1cc(Cl)c2c(c1)OCO2. The molecule has 1 aromatic heterocycles. The Morgan fingerprint density at radius 1 is 1.22 bits per heavy atom.